The minimum atomic E-state index is -1.11. The number of carbonyl (C=O) groups is 3. The van der Waals surface area contributed by atoms with Crippen LogP contribution in [0, 0.1) is 0 Å². The number of imide groups is 1. The highest BCUT2D eigenvalue weighted by atomic mass is 32.2. The third-order valence-electron chi connectivity index (χ3n) is 1.92. The number of amides is 3. The normalized spacial score (nSPS) is 11.7. The van der Waals surface area contributed by atoms with Crippen molar-refractivity contribution in [3.05, 3.63) is 0 Å². The molecule has 0 aliphatic rings. The zero-order valence-electron chi connectivity index (χ0n) is 10.3. The maximum Gasteiger partial charge on any atom is 0.321 e. The Bertz CT molecular complexity index is 299. The molecule has 0 spiro atoms. The first kappa shape index (κ1) is 16.7. The van der Waals surface area contributed by atoms with Crippen molar-refractivity contribution in [2.75, 3.05) is 18.1 Å². The summed E-state index contributed by atoms with van der Waals surface area (Å²) >= 11 is 1.07. The molecule has 0 saturated heterocycles. The molecule has 0 aromatic carbocycles. The van der Waals surface area contributed by atoms with E-state index in [1.807, 2.05) is 6.92 Å². The van der Waals surface area contributed by atoms with Crippen LogP contribution in [0.5, 0.6) is 0 Å². The van der Waals surface area contributed by atoms with E-state index in [1.54, 1.807) is 0 Å². The number of aliphatic carboxylic acids is 1. The van der Waals surface area contributed by atoms with Gasteiger partial charge in [0.25, 0.3) is 0 Å². The van der Waals surface area contributed by atoms with Gasteiger partial charge in [0.15, 0.2) is 0 Å². The number of urea groups is 1. The fourth-order valence-corrected chi connectivity index (χ4v) is 1.71. The Hall–Kier alpha value is -1.28. The SMILES string of the molecule is CCCCNC(=O)NC(=O)CSCC(N)C(=O)O. The van der Waals surface area contributed by atoms with Crippen molar-refractivity contribution in [1.82, 2.24) is 10.6 Å². The van der Waals surface area contributed by atoms with Gasteiger partial charge in [0, 0.05) is 12.3 Å². The lowest BCUT2D eigenvalue weighted by atomic mass is 10.3. The van der Waals surface area contributed by atoms with E-state index >= 15 is 0 Å². The number of carboxylic acid groups (broad SMARTS) is 1. The van der Waals surface area contributed by atoms with Gasteiger partial charge in [-0.15, -0.1) is 11.8 Å². The van der Waals surface area contributed by atoms with Gasteiger partial charge in [-0.3, -0.25) is 14.9 Å². The van der Waals surface area contributed by atoms with Gasteiger partial charge in [-0.2, -0.15) is 0 Å². The summed E-state index contributed by atoms with van der Waals surface area (Å²) in [6, 6.07) is -1.53. The van der Waals surface area contributed by atoms with Crippen LogP contribution in [-0.4, -0.2) is 47.1 Å². The Kier molecular flexibility index (Phi) is 9.03. The van der Waals surface area contributed by atoms with Crippen molar-refractivity contribution < 1.29 is 19.5 Å². The summed E-state index contributed by atoms with van der Waals surface area (Å²) in [5.74, 6) is -1.45. The van der Waals surface area contributed by atoms with E-state index in [4.69, 9.17) is 10.8 Å². The van der Waals surface area contributed by atoms with Crippen molar-refractivity contribution in [2.45, 2.75) is 25.8 Å². The fraction of sp³-hybridized carbons (Fsp3) is 0.700. The van der Waals surface area contributed by atoms with E-state index in [9.17, 15) is 14.4 Å². The zero-order valence-corrected chi connectivity index (χ0v) is 11.1. The molecule has 0 bridgehead atoms. The van der Waals surface area contributed by atoms with Gasteiger partial charge in [0.1, 0.15) is 6.04 Å². The smallest absolute Gasteiger partial charge is 0.321 e. The standard InChI is InChI=1S/C10H19N3O4S/c1-2-3-4-12-10(17)13-8(14)6-18-5-7(11)9(15)16/h7H,2-6,11H2,1H3,(H,15,16)(H2,12,13,14,17). The second-order valence-corrected chi connectivity index (χ2v) is 4.65. The van der Waals surface area contributed by atoms with E-state index < -0.39 is 23.9 Å². The summed E-state index contributed by atoms with van der Waals surface area (Å²) in [6.07, 6.45) is 1.81. The van der Waals surface area contributed by atoms with Crippen molar-refractivity contribution in [3.63, 3.8) is 0 Å². The molecule has 1 atom stereocenters. The molecule has 18 heavy (non-hydrogen) atoms. The molecular weight excluding hydrogens is 258 g/mol. The Balaban J connectivity index is 3.64. The summed E-state index contributed by atoms with van der Waals surface area (Å²) < 4.78 is 0. The first-order valence-electron chi connectivity index (χ1n) is 5.61. The molecule has 0 aliphatic heterocycles. The number of carbonyl (C=O) groups excluding carboxylic acids is 2. The molecule has 8 heteroatoms. The molecule has 0 radical (unpaired) electrons. The molecule has 0 fully saturated rings. The van der Waals surface area contributed by atoms with Crippen molar-refractivity contribution in [3.8, 4) is 0 Å². The summed E-state index contributed by atoms with van der Waals surface area (Å²) in [5, 5.41) is 13.2. The summed E-state index contributed by atoms with van der Waals surface area (Å²) in [4.78, 5) is 32.8. The molecule has 3 amide bonds. The van der Waals surface area contributed by atoms with Crippen LogP contribution in [-0.2, 0) is 9.59 Å². The number of carboxylic acids is 1. The third kappa shape index (κ3) is 8.82. The number of nitrogens with two attached hydrogens (primary N) is 1. The second kappa shape index (κ2) is 9.72. The molecule has 0 aromatic rings. The average Bonchev–Trinajstić information content (AvgIpc) is 2.28. The average molecular weight is 277 g/mol. The molecule has 0 aromatic heterocycles. The van der Waals surface area contributed by atoms with E-state index in [-0.39, 0.29) is 11.5 Å². The predicted molar refractivity (Wildman–Crippen MR) is 69.4 cm³/mol. The molecular formula is C10H19N3O4S. The van der Waals surface area contributed by atoms with Gasteiger partial charge in [-0.25, -0.2) is 4.79 Å². The Labute approximate surface area is 110 Å². The monoisotopic (exact) mass is 277 g/mol. The molecule has 0 heterocycles. The first-order valence-corrected chi connectivity index (χ1v) is 6.76. The highest BCUT2D eigenvalue weighted by Gasteiger charge is 2.13. The molecule has 0 rings (SSSR count). The van der Waals surface area contributed by atoms with Crippen LogP contribution >= 0.6 is 11.8 Å². The highest BCUT2D eigenvalue weighted by molar-refractivity contribution is 8.00. The largest absolute Gasteiger partial charge is 0.480 e. The molecule has 0 saturated carbocycles. The minimum Gasteiger partial charge on any atom is -0.480 e. The van der Waals surface area contributed by atoms with Crippen LogP contribution < -0.4 is 16.4 Å². The van der Waals surface area contributed by atoms with E-state index in [2.05, 4.69) is 10.6 Å². The molecule has 0 aliphatic carbocycles. The van der Waals surface area contributed by atoms with Crippen LogP contribution in [0.15, 0.2) is 0 Å². The quantitative estimate of drug-likeness (QED) is 0.454. The number of rotatable bonds is 8. The summed E-state index contributed by atoms with van der Waals surface area (Å²) in [7, 11) is 0. The molecule has 7 nitrogen and oxygen atoms in total. The number of thioether (sulfide) groups is 1. The number of hydrogen-bond donors (Lipinski definition) is 4. The number of nitrogens with one attached hydrogen (secondary N) is 2. The van der Waals surface area contributed by atoms with E-state index in [0.29, 0.717) is 6.54 Å². The maximum atomic E-state index is 11.3. The van der Waals surface area contributed by atoms with Gasteiger partial charge in [-0.1, -0.05) is 13.3 Å². The van der Waals surface area contributed by atoms with Crippen molar-refractivity contribution in [1.29, 1.82) is 0 Å². The number of unbranched alkanes of at least 4 members (excludes halogenated alkanes) is 1. The Morgan fingerprint density at radius 3 is 2.61 bits per heavy atom. The van der Waals surface area contributed by atoms with Crippen molar-refractivity contribution in [2.24, 2.45) is 5.73 Å². The first-order chi connectivity index (χ1) is 8.47. The van der Waals surface area contributed by atoms with Crippen LogP contribution in [0.1, 0.15) is 19.8 Å². The molecule has 104 valence electrons. The van der Waals surface area contributed by atoms with Gasteiger partial charge in [0.05, 0.1) is 5.75 Å². The van der Waals surface area contributed by atoms with Crippen LogP contribution in [0.25, 0.3) is 0 Å². The van der Waals surface area contributed by atoms with Gasteiger partial charge in [-0.05, 0) is 6.42 Å². The Morgan fingerprint density at radius 2 is 2.06 bits per heavy atom. The van der Waals surface area contributed by atoms with E-state index in [1.165, 1.54) is 0 Å². The minimum absolute atomic E-state index is 0.00216. The van der Waals surface area contributed by atoms with Crippen LogP contribution in [0.3, 0.4) is 0 Å². The van der Waals surface area contributed by atoms with Crippen LogP contribution in [0.2, 0.25) is 0 Å². The van der Waals surface area contributed by atoms with Gasteiger partial charge in [0.2, 0.25) is 5.91 Å². The Morgan fingerprint density at radius 1 is 1.39 bits per heavy atom. The maximum absolute atomic E-state index is 11.3. The molecule has 5 N–H and O–H groups in total. The third-order valence-corrected chi connectivity index (χ3v) is 2.98. The summed E-state index contributed by atoms with van der Waals surface area (Å²) in [5.41, 5.74) is 5.25. The van der Waals surface area contributed by atoms with Crippen molar-refractivity contribution >= 4 is 29.7 Å². The lowest BCUT2D eigenvalue weighted by Crippen LogP contribution is -2.41. The lowest BCUT2D eigenvalue weighted by molar-refractivity contribution is -0.138. The van der Waals surface area contributed by atoms with Gasteiger partial charge >= 0.3 is 12.0 Å². The van der Waals surface area contributed by atoms with Gasteiger partial charge < -0.3 is 16.2 Å². The predicted octanol–water partition coefficient (Wildman–Crippen LogP) is -0.243. The molecule has 1 unspecified atom stereocenters. The zero-order chi connectivity index (χ0) is 14.0. The lowest BCUT2D eigenvalue weighted by Gasteiger charge is -2.07. The fourth-order valence-electron chi connectivity index (χ4n) is 0.935. The second-order valence-electron chi connectivity index (χ2n) is 3.62. The summed E-state index contributed by atoms with van der Waals surface area (Å²) in [6.45, 7) is 2.51. The van der Waals surface area contributed by atoms with Crippen LogP contribution in [0.4, 0.5) is 4.79 Å². The highest BCUT2D eigenvalue weighted by Crippen LogP contribution is 2.01. The topological polar surface area (TPSA) is 122 Å². The number of hydrogen-bond acceptors (Lipinski definition) is 5. The van der Waals surface area contributed by atoms with E-state index in [0.717, 1.165) is 24.6 Å².